The van der Waals surface area contributed by atoms with Crippen LogP contribution >= 0.6 is 0 Å². The standard InChI is InChI=1S/C16H10N2O/c17-11-14-8-4-7-12-9-10-18(15(12)14)16(19)13-5-2-1-3-6-13/h1-10H. The summed E-state index contributed by atoms with van der Waals surface area (Å²) in [6.45, 7) is 0. The topological polar surface area (TPSA) is 45.8 Å². The van der Waals surface area contributed by atoms with Crippen LogP contribution in [0.4, 0.5) is 0 Å². The molecule has 1 aromatic heterocycles. The highest BCUT2D eigenvalue weighted by Gasteiger charge is 2.13. The van der Waals surface area contributed by atoms with Crippen LogP contribution in [0.5, 0.6) is 0 Å². The van der Waals surface area contributed by atoms with Gasteiger partial charge in [-0.3, -0.25) is 9.36 Å². The monoisotopic (exact) mass is 246 g/mol. The lowest BCUT2D eigenvalue weighted by atomic mass is 10.1. The zero-order valence-electron chi connectivity index (χ0n) is 10.1. The van der Waals surface area contributed by atoms with E-state index in [0.717, 1.165) is 5.39 Å². The Kier molecular flexibility index (Phi) is 2.62. The summed E-state index contributed by atoms with van der Waals surface area (Å²) in [4.78, 5) is 12.4. The highest BCUT2D eigenvalue weighted by molar-refractivity contribution is 6.03. The van der Waals surface area contributed by atoms with E-state index in [1.165, 1.54) is 4.57 Å². The number of hydrogen-bond donors (Lipinski definition) is 0. The smallest absolute Gasteiger partial charge is 0.262 e. The highest BCUT2D eigenvalue weighted by atomic mass is 16.2. The maximum absolute atomic E-state index is 12.4. The molecular weight excluding hydrogens is 236 g/mol. The second kappa shape index (κ2) is 4.43. The van der Waals surface area contributed by atoms with Crippen LogP contribution in [0.15, 0.2) is 60.8 Å². The number of carbonyl (C=O) groups is 1. The largest absolute Gasteiger partial charge is 0.282 e. The van der Waals surface area contributed by atoms with E-state index < -0.39 is 0 Å². The fourth-order valence-electron chi connectivity index (χ4n) is 2.17. The molecule has 90 valence electrons. The normalized spacial score (nSPS) is 10.3. The number of nitrogens with zero attached hydrogens (tertiary/aromatic N) is 2. The van der Waals surface area contributed by atoms with Gasteiger partial charge >= 0.3 is 0 Å². The molecule has 0 aliphatic rings. The number of carbonyl (C=O) groups excluding carboxylic acids is 1. The second-order valence-electron chi connectivity index (χ2n) is 4.21. The van der Waals surface area contributed by atoms with Gasteiger partial charge in [-0.05, 0) is 24.3 Å². The van der Waals surface area contributed by atoms with Crippen molar-refractivity contribution in [2.75, 3.05) is 0 Å². The molecule has 19 heavy (non-hydrogen) atoms. The third kappa shape index (κ3) is 1.80. The van der Waals surface area contributed by atoms with Crippen LogP contribution in [0, 0.1) is 11.3 Å². The number of hydrogen-bond acceptors (Lipinski definition) is 2. The molecule has 3 rings (SSSR count). The van der Waals surface area contributed by atoms with Gasteiger partial charge in [0.1, 0.15) is 6.07 Å². The molecule has 3 nitrogen and oxygen atoms in total. The van der Waals surface area contributed by atoms with Gasteiger partial charge in [-0.2, -0.15) is 5.26 Å². The minimum atomic E-state index is -0.127. The summed E-state index contributed by atoms with van der Waals surface area (Å²) in [6.07, 6.45) is 1.71. The Bertz CT molecular complexity index is 794. The first-order chi connectivity index (χ1) is 9.31. The Hall–Kier alpha value is -2.86. The first-order valence-electron chi connectivity index (χ1n) is 5.91. The zero-order valence-corrected chi connectivity index (χ0v) is 10.1. The maximum Gasteiger partial charge on any atom is 0.262 e. The van der Waals surface area contributed by atoms with Gasteiger partial charge in [0, 0.05) is 17.1 Å². The summed E-state index contributed by atoms with van der Waals surface area (Å²) in [7, 11) is 0. The van der Waals surface area contributed by atoms with Crippen LogP contribution < -0.4 is 0 Å². The maximum atomic E-state index is 12.4. The fourth-order valence-corrected chi connectivity index (χ4v) is 2.17. The molecule has 0 radical (unpaired) electrons. The molecule has 0 aliphatic heterocycles. The van der Waals surface area contributed by atoms with Gasteiger partial charge in [-0.25, -0.2) is 0 Å². The average molecular weight is 246 g/mol. The third-order valence-corrected chi connectivity index (χ3v) is 3.07. The first kappa shape index (κ1) is 11.2. The fraction of sp³-hybridized carbons (Fsp3) is 0. The van der Waals surface area contributed by atoms with Crippen molar-refractivity contribution < 1.29 is 4.79 Å². The lowest BCUT2D eigenvalue weighted by Gasteiger charge is -2.05. The van der Waals surface area contributed by atoms with E-state index >= 15 is 0 Å². The molecule has 0 fully saturated rings. The summed E-state index contributed by atoms with van der Waals surface area (Å²) >= 11 is 0. The van der Waals surface area contributed by atoms with Crippen molar-refractivity contribution in [1.82, 2.24) is 4.57 Å². The molecular formula is C16H10N2O. The summed E-state index contributed by atoms with van der Waals surface area (Å²) in [5.41, 5.74) is 1.78. The number of fused-ring (bicyclic) bond motifs is 1. The molecule has 1 heterocycles. The Morgan fingerprint density at radius 2 is 1.79 bits per heavy atom. The second-order valence-corrected chi connectivity index (χ2v) is 4.21. The van der Waals surface area contributed by atoms with Crippen LogP contribution in [-0.4, -0.2) is 10.5 Å². The molecule has 3 heteroatoms. The molecule has 0 saturated heterocycles. The van der Waals surface area contributed by atoms with Crippen LogP contribution in [0.1, 0.15) is 15.9 Å². The van der Waals surface area contributed by atoms with E-state index in [4.69, 9.17) is 5.26 Å². The zero-order chi connectivity index (χ0) is 13.2. The molecule has 0 spiro atoms. The third-order valence-electron chi connectivity index (χ3n) is 3.07. The lowest BCUT2D eigenvalue weighted by molar-refractivity contribution is 0.0965. The Morgan fingerprint density at radius 3 is 2.53 bits per heavy atom. The van der Waals surface area contributed by atoms with Gasteiger partial charge < -0.3 is 0 Å². The van der Waals surface area contributed by atoms with E-state index in [0.29, 0.717) is 16.6 Å². The number of para-hydroxylation sites is 1. The predicted octanol–water partition coefficient (Wildman–Crippen LogP) is 3.20. The summed E-state index contributed by atoms with van der Waals surface area (Å²) < 4.78 is 1.53. The van der Waals surface area contributed by atoms with Crippen LogP contribution in [-0.2, 0) is 0 Å². The van der Waals surface area contributed by atoms with Crippen molar-refractivity contribution in [3.8, 4) is 6.07 Å². The van der Waals surface area contributed by atoms with E-state index in [9.17, 15) is 4.79 Å². The highest BCUT2D eigenvalue weighted by Crippen LogP contribution is 2.20. The van der Waals surface area contributed by atoms with Gasteiger partial charge in [-0.15, -0.1) is 0 Å². The van der Waals surface area contributed by atoms with Crippen molar-refractivity contribution in [2.24, 2.45) is 0 Å². The SMILES string of the molecule is N#Cc1cccc2ccn(C(=O)c3ccccc3)c12. The molecule has 0 bridgehead atoms. The lowest BCUT2D eigenvalue weighted by Crippen LogP contribution is -2.11. The minimum absolute atomic E-state index is 0.127. The van der Waals surface area contributed by atoms with E-state index in [2.05, 4.69) is 6.07 Å². The summed E-state index contributed by atoms with van der Waals surface area (Å²) in [5, 5.41) is 10.0. The van der Waals surface area contributed by atoms with Crippen molar-refractivity contribution in [3.05, 3.63) is 71.9 Å². The van der Waals surface area contributed by atoms with Gasteiger partial charge in [0.2, 0.25) is 0 Å². The molecule has 0 saturated carbocycles. The minimum Gasteiger partial charge on any atom is -0.282 e. The number of aromatic nitrogens is 1. The Balaban J connectivity index is 2.22. The molecule has 0 N–H and O–H groups in total. The van der Waals surface area contributed by atoms with Crippen molar-refractivity contribution in [2.45, 2.75) is 0 Å². The Morgan fingerprint density at radius 1 is 1.00 bits per heavy atom. The molecule has 0 amide bonds. The van der Waals surface area contributed by atoms with Crippen molar-refractivity contribution >= 4 is 16.8 Å². The number of benzene rings is 2. The van der Waals surface area contributed by atoms with Crippen molar-refractivity contribution in [1.29, 1.82) is 5.26 Å². The van der Waals surface area contributed by atoms with Crippen LogP contribution in [0.2, 0.25) is 0 Å². The van der Waals surface area contributed by atoms with E-state index in [-0.39, 0.29) is 5.91 Å². The predicted molar refractivity (Wildman–Crippen MR) is 72.8 cm³/mol. The van der Waals surface area contributed by atoms with Crippen LogP contribution in [0.3, 0.4) is 0 Å². The number of nitriles is 1. The average Bonchev–Trinajstić information content (AvgIpc) is 2.91. The Labute approximate surface area is 110 Å². The molecule has 3 aromatic rings. The molecule has 0 unspecified atom stereocenters. The molecule has 2 aromatic carbocycles. The molecule has 0 atom stereocenters. The van der Waals surface area contributed by atoms with Crippen LogP contribution in [0.25, 0.3) is 10.9 Å². The van der Waals surface area contributed by atoms with Gasteiger partial charge in [0.15, 0.2) is 0 Å². The summed E-state index contributed by atoms with van der Waals surface area (Å²) in [5.74, 6) is -0.127. The first-order valence-corrected chi connectivity index (χ1v) is 5.91. The van der Waals surface area contributed by atoms with E-state index in [1.54, 1.807) is 24.4 Å². The molecule has 0 aliphatic carbocycles. The van der Waals surface area contributed by atoms with E-state index in [1.807, 2.05) is 36.4 Å². The quantitative estimate of drug-likeness (QED) is 0.662. The van der Waals surface area contributed by atoms with Gasteiger partial charge in [0.05, 0.1) is 11.1 Å². The number of rotatable bonds is 1. The van der Waals surface area contributed by atoms with Crippen molar-refractivity contribution in [3.63, 3.8) is 0 Å². The van der Waals surface area contributed by atoms with Gasteiger partial charge in [-0.1, -0.05) is 30.3 Å². The van der Waals surface area contributed by atoms with Gasteiger partial charge in [0.25, 0.3) is 5.91 Å². The summed E-state index contributed by atoms with van der Waals surface area (Å²) in [6, 6.07) is 18.5.